The molecule has 33 heteroatoms. The fourth-order valence-corrected chi connectivity index (χ4v) is 19.1. The van der Waals surface area contributed by atoms with Gasteiger partial charge in [0.1, 0.15) is 65.2 Å². The van der Waals surface area contributed by atoms with Crippen LogP contribution < -0.4 is 23.7 Å². The van der Waals surface area contributed by atoms with Gasteiger partial charge in [0.2, 0.25) is 0 Å². The lowest BCUT2D eigenvalue weighted by Gasteiger charge is -2.37. The van der Waals surface area contributed by atoms with E-state index >= 15 is 0 Å². The van der Waals surface area contributed by atoms with Gasteiger partial charge in [0.15, 0.2) is 0 Å². The second kappa shape index (κ2) is 42.1. The molecule has 686 valence electrons. The minimum absolute atomic E-state index is 0.00917. The maximum Gasteiger partial charge on any atom is 0.416 e. The molecule has 5 unspecified atom stereocenters. The molecule has 0 fully saturated rings. The Kier molecular flexibility index (Phi) is 29.2. The fourth-order valence-electron chi connectivity index (χ4n) is 17.5. The molecule has 5 atom stereocenters. The van der Waals surface area contributed by atoms with E-state index in [1.54, 1.807) is 93.8 Å². The second-order valence-corrected chi connectivity index (χ2v) is 35.5. The van der Waals surface area contributed by atoms with E-state index in [9.17, 15) is 38.9 Å². The molecule has 20 rings (SSSR count). The third-order valence-corrected chi connectivity index (χ3v) is 25.9. The van der Waals surface area contributed by atoms with Crippen LogP contribution in [0, 0.1) is 33.1 Å². The van der Waals surface area contributed by atoms with Gasteiger partial charge in [-0.25, -0.2) is 23.4 Å². The van der Waals surface area contributed by atoms with E-state index in [2.05, 4.69) is 31.0 Å². The summed E-state index contributed by atoms with van der Waals surface area (Å²) in [5.41, 5.74) is 16.7. The van der Waals surface area contributed by atoms with Crippen LogP contribution >= 0.6 is 94.0 Å². The van der Waals surface area contributed by atoms with Crippen molar-refractivity contribution in [1.29, 1.82) is 5.26 Å². The molecule has 5 aromatic heterocycles. The summed E-state index contributed by atoms with van der Waals surface area (Å²) in [4.78, 5) is 62.4. The number of nitriles is 1. The van der Waals surface area contributed by atoms with Gasteiger partial charge in [0, 0.05) is 148 Å². The summed E-state index contributed by atoms with van der Waals surface area (Å²) in [7, 11) is 0. The number of amides is 2. The number of aliphatic hydroxyl groups excluding tert-OH is 1. The third-order valence-electron chi connectivity index (χ3n) is 23.8. The maximum absolute atomic E-state index is 13.5. The van der Waals surface area contributed by atoms with Crippen LogP contribution in [0.15, 0.2) is 261 Å². The number of nitrogens with one attached hydrogen (secondary N) is 4. The number of rotatable bonds is 18. The number of nitro groups is 1. The number of benzene rings is 11. The molecule has 2 amide bonds. The van der Waals surface area contributed by atoms with Gasteiger partial charge in [-0.3, -0.25) is 19.9 Å². The summed E-state index contributed by atoms with van der Waals surface area (Å²) in [5.74, 6) is 2.59. The first kappa shape index (κ1) is 93.6. The number of aliphatic hydroxyl groups is 1. The number of hydrogen-bond donors (Lipinski definition) is 5. The molecule has 0 bridgehead atoms. The number of H-pyrrole nitrogens is 4. The number of alkyl halides is 1. The number of nitro benzene ring substituents is 1. The minimum Gasteiger partial charge on any atom is -0.494 e. The smallest absolute Gasteiger partial charge is 0.416 e. The Balaban J connectivity index is 0.000000126. The standard InChI is InChI=1S/C30H26Cl2N4O4.C25H17ClFN3OS.C24H17ClFN3O3S.C23H24Cl2N2O3/c31-20-3-8-24(9-4-20)40-30(38)36-13-11-25-26-15-21(32)5-10-27(26)34-28(25)29(36)19-1-6-23(7-2-19)39-17-22(37)16-35-14-12-33-18-35;26-17-5-10-22-21(13-17)20-11-12-30(25(32)31-19-8-6-18(27)7-9-19)24(23(20)29-22)16-3-1-15(14-28)2-4-16;25-15-3-10-21-20(13-15)19-11-12-28(24(33)32-18-8-4-16(26)5-9-18)23(22(19)27-21)14-1-6-17(7-2-14)29(30)31;1-2-29-23(28)27-12-10-18-19-14-16(25)6-9-20(19)26-21(18)22(27)15-4-7-17(8-5-15)30-13-3-11-24/h1-10,12,14-15,18,22,29,34,37H,11,13,16-17H2;1-10,13,24,29H,11-12H2;1-10,13,23,27H,11-12H2;4-9,14,22,26H,2-3,10-13H2,1H3. The van der Waals surface area contributed by atoms with Crippen LogP contribution in [0.1, 0.15) is 110 Å². The SMILES string of the molecule is CCOC(=O)N1CCc2c([nH]c3ccc(Cl)cc23)C1c1ccc(OCCCCl)cc1.N#Cc1ccc(C2c3[nH]c4ccc(Cl)cc4c3CCN2C(=S)Oc2ccc(F)cc2)cc1.O=C(Oc1ccc(Cl)cc1)N1CCc2c([nH]c3ccc(Cl)cc23)C1c1ccc(OCC(O)Cn2ccnc2)cc1.O=[N+]([O-])c1ccc(C2c3[nH]c4ccc(Cl)cc4c3CCN2C(=S)Oc2ccc(F)cc2)cc1. The molecular formula is C102H84Cl6F2N12O11S2. The fraction of sp³-hybridized carbons (Fsp3) is 0.196. The number of carbonyl (C=O) groups is 2. The zero-order chi connectivity index (χ0) is 94.1. The normalized spacial score (nSPS) is 15.5. The predicted octanol–water partition coefficient (Wildman–Crippen LogP) is 24.5. The summed E-state index contributed by atoms with van der Waals surface area (Å²) in [6, 6.07) is 71.4. The highest BCUT2D eigenvalue weighted by Gasteiger charge is 2.40. The number of thiocarbonyl (C=S) groups is 2. The van der Waals surface area contributed by atoms with Crippen LogP contribution in [0.3, 0.4) is 0 Å². The van der Waals surface area contributed by atoms with E-state index in [1.807, 2.05) is 150 Å². The number of ether oxygens (including phenoxy) is 6. The molecule has 0 saturated heterocycles. The lowest BCUT2D eigenvalue weighted by atomic mass is 9.92. The Morgan fingerprint density at radius 2 is 0.852 bits per heavy atom. The number of hydrogen-bond acceptors (Lipinski definition) is 15. The van der Waals surface area contributed by atoms with Crippen molar-refractivity contribution in [2.45, 2.75) is 75.8 Å². The van der Waals surface area contributed by atoms with Crippen LogP contribution in [-0.2, 0) is 37.0 Å². The van der Waals surface area contributed by atoms with Crippen molar-refractivity contribution in [3.8, 4) is 34.8 Å². The number of imidazole rings is 1. The minimum atomic E-state index is -0.689. The summed E-state index contributed by atoms with van der Waals surface area (Å²) in [5, 5.41) is 38.7. The molecule has 5 N–H and O–H groups in total. The molecule has 0 aliphatic carbocycles. The van der Waals surface area contributed by atoms with E-state index in [0.717, 1.165) is 125 Å². The van der Waals surface area contributed by atoms with Crippen molar-refractivity contribution in [1.82, 2.24) is 49.1 Å². The molecule has 11 aromatic carbocycles. The molecule has 9 heterocycles. The highest BCUT2D eigenvalue weighted by atomic mass is 35.5. The average Bonchev–Trinajstić information content (AvgIpc) is 1.61. The maximum atomic E-state index is 13.5. The van der Waals surface area contributed by atoms with Gasteiger partial charge in [-0.2, -0.15) is 5.26 Å². The number of aromatic nitrogens is 6. The van der Waals surface area contributed by atoms with Crippen molar-refractivity contribution < 1.29 is 56.8 Å². The summed E-state index contributed by atoms with van der Waals surface area (Å²) in [6.45, 7) is 5.49. The van der Waals surface area contributed by atoms with Crippen LogP contribution in [0.25, 0.3) is 43.6 Å². The first-order chi connectivity index (χ1) is 65.5. The average molecular weight is 1970 g/mol. The lowest BCUT2D eigenvalue weighted by Crippen LogP contribution is -2.42. The number of carbonyl (C=O) groups excluding carboxylic acids is 2. The van der Waals surface area contributed by atoms with Crippen LogP contribution in [0.4, 0.5) is 24.1 Å². The van der Waals surface area contributed by atoms with Crippen molar-refractivity contribution in [3.05, 3.63) is 381 Å². The molecule has 4 aliphatic heterocycles. The molecule has 0 saturated carbocycles. The van der Waals surface area contributed by atoms with Crippen LogP contribution in [-0.4, -0.2) is 140 Å². The largest absolute Gasteiger partial charge is 0.494 e. The molecule has 4 aliphatic rings. The van der Waals surface area contributed by atoms with Crippen molar-refractivity contribution in [2.24, 2.45) is 0 Å². The zero-order valence-corrected chi connectivity index (χ0v) is 78.2. The molecule has 0 spiro atoms. The van der Waals surface area contributed by atoms with Gasteiger partial charge in [-0.05, 0) is 302 Å². The predicted molar refractivity (Wildman–Crippen MR) is 528 cm³/mol. The summed E-state index contributed by atoms with van der Waals surface area (Å²) >= 11 is 48.1. The van der Waals surface area contributed by atoms with E-state index < -0.39 is 23.2 Å². The molecule has 135 heavy (non-hydrogen) atoms. The van der Waals surface area contributed by atoms with Crippen molar-refractivity contribution in [3.63, 3.8) is 0 Å². The van der Waals surface area contributed by atoms with Crippen molar-refractivity contribution in [2.75, 3.05) is 51.9 Å². The molecule has 16 aromatic rings. The monoisotopic (exact) mass is 1960 g/mol. The Morgan fingerprint density at radius 1 is 0.496 bits per heavy atom. The van der Waals surface area contributed by atoms with Gasteiger partial charge in [0.05, 0.1) is 54.7 Å². The number of nitrogens with zero attached hydrogens (tertiary/aromatic N) is 8. The highest BCUT2D eigenvalue weighted by molar-refractivity contribution is 7.80. The quantitative estimate of drug-likeness (QED) is 0.0176. The Labute approximate surface area is 814 Å². The van der Waals surface area contributed by atoms with Crippen molar-refractivity contribution >= 4 is 166 Å². The molecular weight excluding hydrogens is 1880 g/mol. The summed E-state index contributed by atoms with van der Waals surface area (Å²) in [6.07, 6.45) is 7.29. The van der Waals surface area contributed by atoms with Gasteiger partial charge in [-0.15, -0.1) is 11.6 Å². The number of non-ortho nitro benzene ring substituents is 1. The number of aromatic amines is 4. The Bertz CT molecular complexity index is 7060. The first-order valence-electron chi connectivity index (χ1n) is 43.3. The van der Waals surface area contributed by atoms with Crippen LogP contribution in [0.2, 0.25) is 25.1 Å². The third kappa shape index (κ3) is 21.3. The van der Waals surface area contributed by atoms with E-state index in [4.69, 9.17) is 122 Å². The topological polar surface area (TPSA) is 271 Å². The van der Waals surface area contributed by atoms with Gasteiger partial charge in [-0.1, -0.05) is 94.4 Å². The number of fused-ring (bicyclic) bond motifs is 12. The van der Waals surface area contributed by atoms with E-state index in [0.29, 0.717) is 124 Å². The van der Waals surface area contributed by atoms with E-state index in [1.165, 1.54) is 59.7 Å². The zero-order valence-electron chi connectivity index (χ0n) is 72.1. The van der Waals surface area contributed by atoms with Gasteiger partial charge in [0.25, 0.3) is 16.0 Å². The molecule has 23 nitrogen and oxygen atoms in total. The number of halogens is 8. The van der Waals surface area contributed by atoms with Gasteiger partial charge >= 0.3 is 12.2 Å². The lowest BCUT2D eigenvalue weighted by molar-refractivity contribution is -0.384. The van der Waals surface area contributed by atoms with Gasteiger partial charge < -0.3 is 67.8 Å². The first-order valence-corrected chi connectivity index (χ1v) is 46.5. The summed E-state index contributed by atoms with van der Waals surface area (Å²) < 4.78 is 62.8. The Hall–Kier alpha value is -13.2. The molecule has 0 radical (unpaired) electrons. The van der Waals surface area contributed by atoms with E-state index in [-0.39, 0.29) is 53.3 Å². The highest BCUT2D eigenvalue weighted by Crippen LogP contribution is 2.46. The Morgan fingerprint density at radius 3 is 1.24 bits per heavy atom. The van der Waals surface area contributed by atoms with Crippen LogP contribution in [0.5, 0.6) is 28.7 Å². The second-order valence-electron chi connectivity index (χ2n) is 32.2.